The molecule has 0 bridgehead atoms. The van der Waals surface area contributed by atoms with Gasteiger partial charge in [-0.15, -0.1) is 0 Å². The molecule has 0 N–H and O–H groups in total. The number of para-hydroxylation sites is 2. The summed E-state index contributed by atoms with van der Waals surface area (Å²) < 4.78 is 6.96. The van der Waals surface area contributed by atoms with Gasteiger partial charge in [0.1, 0.15) is 5.82 Å². The Morgan fingerprint density at radius 1 is 1.14 bits per heavy atom. The van der Waals surface area contributed by atoms with Gasteiger partial charge in [0.25, 0.3) is 5.91 Å². The van der Waals surface area contributed by atoms with Crippen LogP contribution < -0.4 is 0 Å². The Balaban J connectivity index is 1.59. The Kier molecular flexibility index (Phi) is 4.86. The number of rotatable bonds is 4. The summed E-state index contributed by atoms with van der Waals surface area (Å²) in [5.41, 5.74) is 2.97. The number of imidazole rings is 1. The lowest BCUT2D eigenvalue weighted by Crippen LogP contribution is -2.38. The van der Waals surface area contributed by atoms with Crippen molar-refractivity contribution in [1.29, 1.82) is 0 Å². The molecule has 144 valence electrons. The van der Waals surface area contributed by atoms with Crippen LogP contribution >= 0.6 is 0 Å². The summed E-state index contributed by atoms with van der Waals surface area (Å²) in [6.45, 7) is 3.44. The number of hydrogen-bond acceptors (Lipinski definition) is 4. The van der Waals surface area contributed by atoms with Gasteiger partial charge in [0, 0.05) is 18.7 Å². The van der Waals surface area contributed by atoms with Gasteiger partial charge in [-0.2, -0.15) is 0 Å². The smallest absolute Gasteiger partial charge is 0.337 e. The van der Waals surface area contributed by atoms with Crippen molar-refractivity contribution in [3.05, 3.63) is 65.5 Å². The summed E-state index contributed by atoms with van der Waals surface area (Å²) >= 11 is 0. The van der Waals surface area contributed by atoms with Crippen molar-refractivity contribution < 1.29 is 14.3 Å². The molecule has 0 unspecified atom stereocenters. The maximum Gasteiger partial charge on any atom is 0.337 e. The number of aryl methyl sites for hydroxylation is 1. The average molecular weight is 377 g/mol. The number of aromatic nitrogens is 2. The molecule has 0 aliphatic carbocycles. The van der Waals surface area contributed by atoms with Gasteiger partial charge < -0.3 is 14.2 Å². The Labute approximate surface area is 163 Å². The van der Waals surface area contributed by atoms with Crippen LogP contribution in [0.15, 0.2) is 48.5 Å². The minimum Gasteiger partial charge on any atom is -0.465 e. The minimum absolute atomic E-state index is 0.0460. The van der Waals surface area contributed by atoms with Gasteiger partial charge in [-0.25, -0.2) is 9.78 Å². The Morgan fingerprint density at radius 3 is 2.75 bits per heavy atom. The van der Waals surface area contributed by atoms with E-state index in [4.69, 9.17) is 4.74 Å². The van der Waals surface area contributed by atoms with Crippen molar-refractivity contribution >= 4 is 22.9 Å². The number of methoxy groups -OCH3 is 1. The van der Waals surface area contributed by atoms with Crippen LogP contribution in [0.25, 0.3) is 11.0 Å². The van der Waals surface area contributed by atoms with E-state index in [-0.39, 0.29) is 11.9 Å². The van der Waals surface area contributed by atoms with Gasteiger partial charge in [-0.1, -0.05) is 18.2 Å². The zero-order valence-corrected chi connectivity index (χ0v) is 16.1. The molecule has 0 saturated carbocycles. The number of esters is 1. The molecule has 1 fully saturated rings. The van der Waals surface area contributed by atoms with Crippen LogP contribution in [0.1, 0.15) is 39.4 Å². The number of nitrogens with zero attached hydrogens (tertiary/aromatic N) is 3. The molecule has 1 saturated heterocycles. The molecule has 2 aromatic carbocycles. The molecule has 28 heavy (non-hydrogen) atoms. The third-order valence-corrected chi connectivity index (χ3v) is 5.41. The Bertz CT molecular complexity index is 1040. The molecule has 1 aromatic heterocycles. The first kappa shape index (κ1) is 18.2. The van der Waals surface area contributed by atoms with Gasteiger partial charge in [0.2, 0.25) is 0 Å². The number of fused-ring (bicyclic) bond motifs is 1. The Morgan fingerprint density at radius 2 is 1.93 bits per heavy atom. The largest absolute Gasteiger partial charge is 0.465 e. The predicted molar refractivity (Wildman–Crippen MR) is 106 cm³/mol. The van der Waals surface area contributed by atoms with E-state index < -0.39 is 5.97 Å². The van der Waals surface area contributed by atoms with Crippen LogP contribution in [0, 0.1) is 6.92 Å². The van der Waals surface area contributed by atoms with Crippen LogP contribution in [0.5, 0.6) is 0 Å². The molecule has 1 atom stereocenters. The standard InChI is InChI=1S/C22H23N3O3/c1-15-23-19-10-3-4-11-20(19)25(15)14-18-9-6-12-24(18)21(26)16-7-5-8-17(13-16)22(27)28-2/h3-5,7-8,10-11,13,18H,6,9,12,14H2,1-2H3/t18-/m0/s1. The van der Waals surface area contributed by atoms with E-state index in [1.165, 1.54) is 7.11 Å². The van der Waals surface area contributed by atoms with Gasteiger partial charge in [0.05, 0.1) is 29.7 Å². The summed E-state index contributed by atoms with van der Waals surface area (Å²) in [4.78, 5) is 31.5. The second kappa shape index (κ2) is 7.46. The number of ether oxygens (including phenoxy) is 1. The van der Waals surface area contributed by atoms with Crippen LogP contribution in [0.2, 0.25) is 0 Å². The molecule has 6 nitrogen and oxygen atoms in total. The number of amides is 1. The van der Waals surface area contributed by atoms with E-state index in [1.54, 1.807) is 24.3 Å². The van der Waals surface area contributed by atoms with Crippen LogP contribution in [-0.2, 0) is 11.3 Å². The molecule has 2 heterocycles. The number of carbonyl (C=O) groups is 2. The van der Waals surface area contributed by atoms with Crippen molar-refractivity contribution in [2.24, 2.45) is 0 Å². The first-order valence-electron chi connectivity index (χ1n) is 9.49. The van der Waals surface area contributed by atoms with Gasteiger partial charge in [-0.3, -0.25) is 4.79 Å². The molecule has 0 spiro atoms. The van der Waals surface area contributed by atoms with E-state index >= 15 is 0 Å². The Hall–Kier alpha value is -3.15. The van der Waals surface area contributed by atoms with Gasteiger partial charge >= 0.3 is 5.97 Å². The molecule has 1 amide bonds. The first-order chi connectivity index (χ1) is 13.6. The van der Waals surface area contributed by atoms with Crippen LogP contribution in [-0.4, -0.2) is 46.0 Å². The van der Waals surface area contributed by atoms with Gasteiger partial charge in [0.15, 0.2) is 0 Å². The zero-order chi connectivity index (χ0) is 19.7. The third kappa shape index (κ3) is 3.26. The fourth-order valence-electron chi connectivity index (χ4n) is 3.99. The zero-order valence-electron chi connectivity index (χ0n) is 16.1. The quantitative estimate of drug-likeness (QED) is 0.654. The number of likely N-dealkylation sites (tertiary alicyclic amines) is 1. The topological polar surface area (TPSA) is 64.4 Å². The number of hydrogen-bond donors (Lipinski definition) is 0. The lowest BCUT2D eigenvalue weighted by Gasteiger charge is -2.26. The summed E-state index contributed by atoms with van der Waals surface area (Å²) in [5.74, 6) is 0.469. The molecular formula is C22H23N3O3. The van der Waals surface area contributed by atoms with E-state index in [0.29, 0.717) is 11.1 Å². The van der Waals surface area contributed by atoms with E-state index in [9.17, 15) is 9.59 Å². The molecule has 1 aliphatic heterocycles. The average Bonchev–Trinajstić information content (AvgIpc) is 3.31. The second-order valence-corrected chi connectivity index (χ2v) is 7.13. The maximum absolute atomic E-state index is 13.1. The molecule has 3 aromatic rings. The van der Waals surface area contributed by atoms with Gasteiger partial charge in [-0.05, 0) is 50.1 Å². The summed E-state index contributed by atoms with van der Waals surface area (Å²) in [6.07, 6.45) is 1.92. The summed E-state index contributed by atoms with van der Waals surface area (Å²) in [5, 5.41) is 0. The summed E-state index contributed by atoms with van der Waals surface area (Å²) in [7, 11) is 1.34. The van der Waals surface area contributed by atoms with E-state index in [0.717, 1.165) is 42.8 Å². The molecule has 6 heteroatoms. The van der Waals surface area contributed by atoms with Crippen molar-refractivity contribution in [2.45, 2.75) is 32.4 Å². The second-order valence-electron chi connectivity index (χ2n) is 7.13. The van der Waals surface area contributed by atoms with Crippen LogP contribution in [0.3, 0.4) is 0 Å². The first-order valence-corrected chi connectivity index (χ1v) is 9.49. The monoisotopic (exact) mass is 377 g/mol. The van der Waals surface area contributed by atoms with Crippen molar-refractivity contribution in [3.63, 3.8) is 0 Å². The molecule has 0 radical (unpaired) electrons. The predicted octanol–water partition coefficient (Wildman–Crippen LogP) is 3.44. The molecule has 4 rings (SSSR count). The van der Waals surface area contributed by atoms with Crippen molar-refractivity contribution in [3.8, 4) is 0 Å². The lowest BCUT2D eigenvalue weighted by atomic mass is 10.1. The normalized spacial score (nSPS) is 16.5. The molecular weight excluding hydrogens is 354 g/mol. The minimum atomic E-state index is -0.437. The number of carbonyl (C=O) groups excluding carboxylic acids is 2. The highest BCUT2D eigenvalue weighted by Crippen LogP contribution is 2.25. The number of benzene rings is 2. The SMILES string of the molecule is COC(=O)c1cccc(C(=O)N2CCC[C@H]2Cn2c(C)nc3ccccc32)c1. The van der Waals surface area contributed by atoms with Crippen molar-refractivity contribution in [2.75, 3.05) is 13.7 Å². The summed E-state index contributed by atoms with van der Waals surface area (Å²) in [6, 6.07) is 14.9. The lowest BCUT2D eigenvalue weighted by molar-refractivity contribution is 0.0600. The molecule has 1 aliphatic rings. The highest BCUT2D eigenvalue weighted by Gasteiger charge is 2.30. The van der Waals surface area contributed by atoms with E-state index in [1.807, 2.05) is 30.0 Å². The van der Waals surface area contributed by atoms with Crippen LogP contribution in [0.4, 0.5) is 0 Å². The van der Waals surface area contributed by atoms with E-state index in [2.05, 4.69) is 15.6 Å². The highest BCUT2D eigenvalue weighted by molar-refractivity contribution is 5.98. The highest BCUT2D eigenvalue weighted by atomic mass is 16.5. The fraction of sp³-hybridized carbons (Fsp3) is 0.318. The third-order valence-electron chi connectivity index (χ3n) is 5.41. The van der Waals surface area contributed by atoms with Crippen molar-refractivity contribution in [1.82, 2.24) is 14.5 Å². The maximum atomic E-state index is 13.1. The fourth-order valence-corrected chi connectivity index (χ4v) is 3.99.